The van der Waals surface area contributed by atoms with E-state index in [1.165, 1.54) is 6.21 Å². The molecule has 0 unspecified atom stereocenters. The van der Waals surface area contributed by atoms with Crippen molar-refractivity contribution >= 4 is 45.6 Å². The number of nitrogens with zero attached hydrogens (tertiary/aromatic N) is 1. The summed E-state index contributed by atoms with van der Waals surface area (Å²) in [6, 6.07) is 19.0. The van der Waals surface area contributed by atoms with Crippen LogP contribution in [0.4, 0.5) is 0 Å². The molecule has 0 bridgehead atoms. The minimum Gasteiger partial charge on any atom is -0.483 e. The fourth-order valence-electron chi connectivity index (χ4n) is 2.56. The molecule has 0 heterocycles. The van der Waals surface area contributed by atoms with Crippen molar-refractivity contribution in [1.29, 1.82) is 0 Å². The van der Waals surface area contributed by atoms with Gasteiger partial charge in [-0.3, -0.25) is 4.79 Å². The van der Waals surface area contributed by atoms with Gasteiger partial charge in [0.25, 0.3) is 5.91 Å². The maximum absolute atomic E-state index is 12.5. The van der Waals surface area contributed by atoms with Crippen LogP contribution >= 0.6 is 27.5 Å². The summed E-state index contributed by atoms with van der Waals surface area (Å²) in [6.45, 7) is 1.71. The van der Waals surface area contributed by atoms with Gasteiger partial charge in [0.05, 0.1) is 16.8 Å². The van der Waals surface area contributed by atoms with Crippen molar-refractivity contribution in [3.8, 4) is 11.5 Å². The summed E-state index contributed by atoms with van der Waals surface area (Å²) in [5, 5.41) is 4.23. The van der Waals surface area contributed by atoms with E-state index < -0.39 is 11.9 Å². The lowest BCUT2D eigenvalue weighted by molar-refractivity contribution is -0.123. The third-order valence-corrected chi connectivity index (χ3v) is 4.94. The van der Waals surface area contributed by atoms with Crippen LogP contribution in [0.3, 0.4) is 0 Å². The van der Waals surface area contributed by atoms with Crippen LogP contribution in [-0.4, -0.2) is 24.7 Å². The Morgan fingerprint density at radius 2 is 1.81 bits per heavy atom. The van der Waals surface area contributed by atoms with Crippen LogP contribution in [0.5, 0.6) is 11.5 Å². The number of hydrogen-bond donors (Lipinski definition) is 1. The second-order valence-corrected chi connectivity index (χ2v) is 7.72. The van der Waals surface area contributed by atoms with Crippen molar-refractivity contribution in [1.82, 2.24) is 5.43 Å². The molecule has 6 nitrogen and oxygen atoms in total. The summed E-state index contributed by atoms with van der Waals surface area (Å²) in [6.07, 6.45) is 1.38. The van der Waals surface area contributed by atoms with E-state index in [2.05, 4.69) is 26.5 Å². The van der Waals surface area contributed by atoms with Crippen LogP contribution in [0.15, 0.2) is 76.3 Å². The van der Waals surface area contributed by atoms with E-state index in [0.29, 0.717) is 16.3 Å². The lowest BCUT2D eigenvalue weighted by atomic mass is 10.2. The Hall–Kier alpha value is -3.16. The Morgan fingerprint density at radius 1 is 1.06 bits per heavy atom. The van der Waals surface area contributed by atoms with Gasteiger partial charge >= 0.3 is 5.97 Å². The van der Waals surface area contributed by atoms with Gasteiger partial charge in [0.1, 0.15) is 11.5 Å². The highest BCUT2D eigenvalue weighted by atomic mass is 79.9. The van der Waals surface area contributed by atoms with Crippen LogP contribution < -0.4 is 14.9 Å². The maximum Gasteiger partial charge on any atom is 0.345 e. The van der Waals surface area contributed by atoms with E-state index in [0.717, 1.165) is 10.0 Å². The van der Waals surface area contributed by atoms with Gasteiger partial charge in [-0.15, -0.1) is 0 Å². The number of para-hydroxylation sites is 1. The summed E-state index contributed by atoms with van der Waals surface area (Å²) < 4.78 is 11.7. The van der Waals surface area contributed by atoms with Gasteiger partial charge in [-0.05, 0) is 48.9 Å². The minimum atomic E-state index is -0.599. The topological polar surface area (TPSA) is 77.0 Å². The minimum absolute atomic E-state index is 0.185. The molecule has 0 fully saturated rings. The number of benzene rings is 3. The number of halogens is 2. The second-order valence-electron chi connectivity index (χ2n) is 6.40. The molecule has 1 amide bonds. The number of carbonyl (C=O) groups is 2. The number of hydrazone groups is 1. The monoisotopic (exact) mass is 500 g/mol. The van der Waals surface area contributed by atoms with Crippen LogP contribution in [0, 0.1) is 6.92 Å². The summed E-state index contributed by atoms with van der Waals surface area (Å²) in [4.78, 5) is 24.5. The number of ether oxygens (including phenoxy) is 2. The van der Waals surface area contributed by atoms with Crippen LogP contribution in [-0.2, 0) is 4.79 Å². The van der Waals surface area contributed by atoms with Crippen LogP contribution in [0.25, 0.3) is 0 Å². The Kier molecular flexibility index (Phi) is 7.81. The molecule has 0 radical (unpaired) electrons. The predicted molar refractivity (Wildman–Crippen MR) is 123 cm³/mol. The first-order chi connectivity index (χ1) is 14.9. The largest absolute Gasteiger partial charge is 0.483 e. The summed E-state index contributed by atoms with van der Waals surface area (Å²) in [5.41, 5.74) is 4.05. The molecule has 0 saturated heterocycles. The fourth-order valence-corrected chi connectivity index (χ4v) is 3.15. The Bertz CT molecular complexity index is 1130. The molecule has 0 aliphatic carbocycles. The normalized spacial score (nSPS) is 10.7. The Labute approximate surface area is 193 Å². The van der Waals surface area contributed by atoms with E-state index in [9.17, 15) is 9.59 Å². The average molecular weight is 502 g/mol. The number of hydrogen-bond acceptors (Lipinski definition) is 5. The molecule has 8 heteroatoms. The lowest BCUT2D eigenvalue weighted by Gasteiger charge is -2.09. The van der Waals surface area contributed by atoms with Crippen molar-refractivity contribution in [2.75, 3.05) is 6.61 Å². The van der Waals surface area contributed by atoms with Gasteiger partial charge < -0.3 is 9.47 Å². The molecular formula is C23H18BrClN2O4. The van der Waals surface area contributed by atoms with Gasteiger partial charge in [-0.25, -0.2) is 10.2 Å². The SMILES string of the molecule is Cc1ccccc1OCC(=O)N/N=C/c1cc(Br)ccc1OC(=O)c1ccccc1Cl. The number of nitrogens with one attached hydrogen (secondary N) is 1. The van der Waals surface area contributed by atoms with Gasteiger partial charge in [0.2, 0.25) is 0 Å². The van der Waals surface area contributed by atoms with Gasteiger partial charge in [0.15, 0.2) is 6.61 Å². The van der Waals surface area contributed by atoms with E-state index in [1.54, 1.807) is 48.5 Å². The Balaban J connectivity index is 1.64. The highest BCUT2D eigenvalue weighted by Gasteiger charge is 2.14. The molecule has 0 aliphatic rings. The third kappa shape index (κ3) is 6.41. The standard InChI is InChI=1S/C23H18BrClN2O4/c1-15-6-2-5-9-20(15)30-14-22(28)27-26-13-16-12-17(24)10-11-21(16)31-23(29)18-7-3-4-8-19(18)25/h2-13H,14H2,1H3,(H,27,28)/b26-13+. The molecule has 3 rings (SSSR count). The molecule has 3 aromatic carbocycles. The molecule has 1 N–H and O–H groups in total. The molecule has 0 aliphatic heterocycles. The van der Waals surface area contributed by atoms with E-state index in [1.807, 2.05) is 25.1 Å². The van der Waals surface area contributed by atoms with Gasteiger partial charge in [-0.1, -0.05) is 57.9 Å². The summed E-state index contributed by atoms with van der Waals surface area (Å²) in [5.74, 6) is -0.132. The van der Waals surface area contributed by atoms with Crippen molar-refractivity contribution in [3.63, 3.8) is 0 Å². The zero-order valence-electron chi connectivity index (χ0n) is 16.5. The van der Waals surface area contributed by atoms with E-state index >= 15 is 0 Å². The molecule has 31 heavy (non-hydrogen) atoms. The maximum atomic E-state index is 12.5. The van der Waals surface area contributed by atoms with Crippen molar-refractivity contribution in [2.24, 2.45) is 5.10 Å². The highest BCUT2D eigenvalue weighted by Crippen LogP contribution is 2.24. The van der Waals surface area contributed by atoms with E-state index in [4.69, 9.17) is 21.1 Å². The molecule has 3 aromatic rings. The summed E-state index contributed by atoms with van der Waals surface area (Å²) in [7, 11) is 0. The van der Waals surface area contributed by atoms with Crippen molar-refractivity contribution in [3.05, 3.63) is 92.9 Å². The van der Waals surface area contributed by atoms with Gasteiger partial charge in [-0.2, -0.15) is 5.10 Å². The number of rotatable bonds is 7. The first-order valence-electron chi connectivity index (χ1n) is 9.20. The highest BCUT2D eigenvalue weighted by molar-refractivity contribution is 9.10. The van der Waals surface area contributed by atoms with Crippen LogP contribution in [0.1, 0.15) is 21.5 Å². The van der Waals surface area contributed by atoms with Crippen molar-refractivity contribution < 1.29 is 19.1 Å². The first kappa shape index (κ1) is 22.5. The first-order valence-corrected chi connectivity index (χ1v) is 10.4. The quantitative estimate of drug-likeness (QED) is 0.210. The zero-order chi connectivity index (χ0) is 22.2. The van der Waals surface area contributed by atoms with Crippen molar-refractivity contribution in [2.45, 2.75) is 6.92 Å². The van der Waals surface area contributed by atoms with Crippen LogP contribution in [0.2, 0.25) is 5.02 Å². The molecule has 0 spiro atoms. The number of esters is 1. The summed E-state index contributed by atoms with van der Waals surface area (Å²) >= 11 is 9.43. The molecule has 0 aromatic heterocycles. The number of carbonyl (C=O) groups excluding carboxylic acids is 2. The second kappa shape index (κ2) is 10.7. The zero-order valence-corrected chi connectivity index (χ0v) is 18.8. The Morgan fingerprint density at radius 3 is 2.58 bits per heavy atom. The molecule has 0 atom stereocenters. The molecule has 0 saturated carbocycles. The number of amides is 1. The third-order valence-electron chi connectivity index (χ3n) is 4.11. The predicted octanol–water partition coefficient (Wildman–Crippen LogP) is 5.16. The molecule has 158 valence electrons. The molecular weight excluding hydrogens is 484 g/mol. The lowest BCUT2D eigenvalue weighted by Crippen LogP contribution is -2.24. The van der Waals surface area contributed by atoms with E-state index in [-0.39, 0.29) is 17.9 Å². The average Bonchev–Trinajstić information content (AvgIpc) is 2.75. The smallest absolute Gasteiger partial charge is 0.345 e. The van der Waals surface area contributed by atoms with Gasteiger partial charge in [0, 0.05) is 10.0 Å². The fraction of sp³-hybridized carbons (Fsp3) is 0.0870. The number of aryl methyl sites for hydroxylation is 1.